The van der Waals surface area contributed by atoms with Crippen LogP contribution in [0.15, 0.2) is 0 Å². The molecule has 0 saturated heterocycles. The largest absolute Gasteiger partial charge is 0.481 e. The molecule has 2 N–H and O–H groups in total. The quantitative estimate of drug-likeness (QED) is 0.742. The Morgan fingerprint density at radius 1 is 1.35 bits per heavy atom. The number of hydrogen-bond donors (Lipinski definition) is 2. The second kappa shape index (κ2) is 5.07. The van der Waals surface area contributed by atoms with Gasteiger partial charge in [-0.1, -0.05) is 6.42 Å². The number of amides is 1. The van der Waals surface area contributed by atoms with Crippen molar-refractivity contribution in [2.75, 3.05) is 0 Å². The minimum atomic E-state index is -0.764. The Morgan fingerprint density at radius 3 is 2.59 bits per heavy atom. The summed E-state index contributed by atoms with van der Waals surface area (Å²) in [6.45, 7) is 1.96. The van der Waals surface area contributed by atoms with E-state index < -0.39 is 5.97 Å². The van der Waals surface area contributed by atoms with Crippen LogP contribution in [-0.4, -0.2) is 23.0 Å². The zero-order valence-corrected chi connectivity index (χ0v) is 10.3. The van der Waals surface area contributed by atoms with Crippen molar-refractivity contribution in [3.05, 3.63) is 0 Å². The fourth-order valence-electron chi connectivity index (χ4n) is 3.18. The second-order valence-corrected chi connectivity index (χ2v) is 5.48. The molecule has 0 aliphatic heterocycles. The fourth-order valence-corrected chi connectivity index (χ4v) is 3.18. The Balaban J connectivity index is 1.63. The number of carboxylic acid groups (broad SMARTS) is 1. The Morgan fingerprint density at radius 2 is 2.00 bits per heavy atom. The topological polar surface area (TPSA) is 66.4 Å². The molecule has 2 rings (SSSR count). The van der Waals surface area contributed by atoms with E-state index in [0.717, 1.165) is 6.42 Å². The van der Waals surface area contributed by atoms with Gasteiger partial charge >= 0.3 is 5.97 Å². The molecular weight excluding hydrogens is 218 g/mol. The van der Waals surface area contributed by atoms with Crippen molar-refractivity contribution < 1.29 is 14.7 Å². The van der Waals surface area contributed by atoms with Gasteiger partial charge in [-0.25, -0.2) is 0 Å². The zero-order valence-electron chi connectivity index (χ0n) is 10.3. The van der Waals surface area contributed by atoms with Crippen LogP contribution in [0.1, 0.15) is 45.4 Å². The number of nitrogens with one attached hydrogen (secondary N) is 1. The predicted molar refractivity (Wildman–Crippen MR) is 63.4 cm³/mol. The number of fused-ring (bicyclic) bond motifs is 1. The van der Waals surface area contributed by atoms with Gasteiger partial charge in [0.15, 0.2) is 0 Å². The molecule has 2 fully saturated rings. The average molecular weight is 239 g/mol. The van der Waals surface area contributed by atoms with Crippen LogP contribution in [0.4, 0.5) is 0 Å². The van der Waals surface area contributed by atoms with Crippen LogP contribution in [0, 0.1) is 17.8 Å². The molecule has 0 bridgehead atoms. The van der Waals surface area contributed by atoms with Crippen LogP contribution in [-0.2, 0) is 9.59 Å². The maximum atomic E-state index is 11.9. The minimum Gasteiger partial charge on any atom is -0.481 e. The number of carbonyl (C=O) groups is 2. The van der Waals surface area contributed by atoms with Crippen molar-refractivity contribution in [1.82, 2.24) is 5.32 Å². The molecule has 1 amide bonds. The summed E-state index contributed by atoms with van der Waals surface area (Å²) in [4.78, 5) is 22.3. The van der Waals surface area contributed by atoms with E-state index in [1.165, 1.54) is 19.3 Å². The first kappa shape index (κ1) is 12.4. The van der Waals surface area contributed by atoms with E-state index in [4.69, 9.17) is 5.11 Å². The van der Waals surface area contributed by atoms with Gasteiger partial charge in [0.1, 0.15) is 0 Å². The first-order valence-electron chi connectivity index (χ1n) is 6.61. The summed E-state index contributed by atoms with van der Waals surface area (Å²) in [5.74, 6) is 1.01. The molecule has 2 aliphatic rings. The molecule has 0 heterocycles. The molecule has 4 nitrogen and oxygen atoms in total. The molecule has 2 saturated carbocycles. The van der Waals surface area contributed by atoms with Crippen LogP contribution >= 0.6 is 0 Å². The molecule has 0 radical (unpaired) electrons. The van der Waals surface area contributed by atoms with Gasteiger partial charge in [0.2, 0.25) is 5.91 Å². The lowest BCUT2D eigenvalue weighted by atomic mass is 10.1. The standard InChI is InChI=1S/C13H21NO3/c1-8(4-2-7-11(15)16)14-13(17)12-9-5-3-6-10(9)12/h8-10,12H,2-7H2,1H3,(H,14,17)(H,15,16). The van der Waals surface area contributed by atoms with Gasteiger partial charge in [0, 0.05) is 18.4 Å². The predicted octanol–water partition coefficient (Wildman–Crippen LogP) is 1.79. The molecule has 17 heavy (non-hydrogen) atoms. The van der Waals surface area contributed by atoms with Crippen LogP contribution in [0.3, 0.4) is 0 Å². The highest BCUT2D eigenvalue weighted by Crippen LogP contribution is 2.57. The SMILES string of the molecule is CC(CCCC(=O)O)NC(=O)C1C2CCCC21. The lowest BCUT2D eigenvalue weighted by molar-refractivity contribution is -0.137. The first-order valence-corrected chi connectivity index (χ1v) is 6.61. The van der Waals surface area contributed by atoms with Gasteiger partial charge in [-0.3, -0.25) is 9.59 Å². The van der Waals surface area contributed by atoms with Crippen LogP contribution in [0.2, 0.25) is 0 Å². The van der Waals surface area contributed by atoms with E-state index in [1.807, 2.05) is 6.92 Å². The number of carbonyl (C=O) groups excluding carboxylic acids is 1. The smallest absolute Gasteiger partial charge is 0.303 e. The summed E-state index contributed by atoms with van der Waals surface area (Å²) in [7, 11) is 0. The molecule has 3 unspecified atom stereocenters. The third kappa shape index (κ3) is 2.99. The second-order valence-electron chi connectivity index (χ2n) is 5.48. The molecule has 0 spiro atoms. The van der Waals surface area contributed by atoms with Gasteiger partial charge in [-0.05, 0) is 44.4 Å². The highest BCUT2D eigenvalue weighted by atomic mass is 16.4. The molecule has 4 heteroatoms. The van der Waals surface area contributed by atoms with E-state index in [2.05, 4.69) is 5.32 Å². The average Bonchev–Trinajstić information content (AvgIpc) is 2.73. The third-order valence-corrected chi connectivity index (χ3v) is 4.13. The first-order chi connectivity index (χ1) is 8.09. The van der Waals surface area contributed by atoms with E-state index in [1.54, 1.807) is 0 Å². The Kier molecular flexibility index (Phi) is 3.69. The zero-order chi connectivity index (χ0) is 12.4. The highest BCUT2D eigenvalue weighted by molar-refractivity contribution is 5.82. The monoisotopic (exact) mass is 239 g/mol. The van der Waals surface area contributed by atoms with Gasteiger partial charge in [-0.2, -0.15) is 0 Å². The van der Waals surface area contributed by atoms with Crippen molar-refractivity contribution in [1.29, 1.82) is 0 Å². The fraction of sp³-hybridized carbons (Fsp3) is 0.846. The molecule has 2 aliphatic carbocycles. The summed E-state index contributed by atoms with van der Waals surface area (Å²) >= 11 is 0. The molecular formula is C13H21NO3. The van der Waals surface area contributed by atoms with E-state index >= 15 is 0 Å². The molecule has 0 aromatic heterocycles. The summed E-state index contributed by atoms with van der Waals surface area (Å²) in [5.41, 5.74) is 0. The van der Waals surface area contributed by atoms with Crippen molar-refractivity contribution >= 4 is 11.9 Å². The lowest BCUT2D eigenvalue weighted by Gasteiger charge is -2.14. The lowest BCUT2D eigenvalue weighted by Crippen LogP contribution is -2.34. The van der Waals surface area contributed by atoms with Crippen molar-refractivity contribution in [2.45, 2.75) is 51.5 Å². The Hall–Kier alpha value is -1.06. The third-order valence-electron chi connectivity index (χ3n) is 4.13. The summed E-state index contributed by atoms with van der Waals surface area (Å²) in [6.07, 6.45) is 5.29. The van der Waals surface area contributed by atoms with Crippen molar-refractivity contribution in [3.63, 3.8) is 0 Å². The van der Waals surface area contributed by atoms with Crippen molar-refractivity contribution in [2.24, 2.45) is 17.8 Å². The van der Waals surface area contributed by atoms with Crippen LogP contribution in [0.25, 0.3) is 0 Å². The molecule has 0 aromatic rings. The van der Waals surface area contributed by atoms with E-state index in [0.29, 0.717) is 18.3 Å². The van der Waals surface area contributed by atoms with Crippen LogP contribution in [0.5, 0.6) is 0 Å². The van der Waals surface area contributed by atoms with Gasteiger partial charge < -0.3 is 10.4 Å². The van der Waals surface area contributed by atoms with Crippen molar-refractivity contribution in [3.8, 4) is 0 Å². The Bertz CT molecular complexity index is 306. The molecule has 96 valence electrons. The number of rotatable bonds is 6. The minimum absolute atomic E-state index is 0.100. The Labute approximate surface area is 102 Å². The van der Waals surface area contributed by atoms with E-state index in [9.17, 15) is 9.59 Å². The summed E-state index contributed by atoms with van der Waals surface area (Å²) < 4.78 is 0. The maximum Gasteiger partial charge on any atom is 0.303 e. The van der Waals surface area contributed by atoms with Gasteiger partial charge in [0.05, 0.1) is 0 Å². The number of aliphatic carboxylic acids is 1. The van der Waals surface area contributed by atoms with E-state index in [-0.39, 0.29) is 24.3 Å². The summed E-state index contributed by atoms with van der Waals surface area (Å²) in [6, 6.07) is 0.100. The highest BCUT2D eigenvalue weighted by Gasteiger charge is 2.56. The number of carboxylic acids is 1. The van der Waals surface area contributed by atoms with Gasteiger partial charge in [0.25, 0.3) is 0 Å². The number of hydrogen-bond acceptors (Lipinski definition) is 2. The normalized spacial score (nSPS) is 31.7. The molecule has 3 atom stereocenters. The molecule has 0 aromatic carbocycles. The maximum absolute atomic E-state index is 11.9. The van der Waals surface area contributed by atoms with Gasteiger partial charge in [-0.15, -0.1) is 0 Å². The van der Waals surface area contributed by atoms with Crippen LogP contribution < -0.4 is 5.32 Å². The summed E-state index contributed by atoms with van der Waals surface area (Å²) in [5, 5.41) is 11.5.